The molecule has 2 aliphatic rings. The topological polar surface area (TPSA) is 26.9 Å². The minimum absolute atomic E-state index is 0.0382. The van der Waals surface area contributed by atoms with Gasteiger partial charge in [0.2, 0.25) is 0 Å². The molecule has 0 aliphatic heterocycles. The van der Waals surface area contributed by atoms with Crippen molar-refractivity contribution in [3.8, 4) is 5.69 Å². The Morgan fingerprint density at radius 1 is 1.19 bits per heavy atom. The van der Waals surface area contributed by atoms with E-state index in [2.05, 4.69) is 20.8 Å². The molecule has 1 saturated carbocycles. The van der Waals surface area contributed by atoms with Gasteiger partial charge in [0.25, 0.3) is 5.56 Å². The van der Waals surface area contributed by atoms with Gasteiger partial charge >= 0.3 is 6.18 Å². The van der Waals surface area contributed by atoms with Gasteiger partial charge in [0.1, 0.15) is 11.5 Å². The van der Waals surface area contributed by atoms with E-state index in [1.165, 1.54) is 0 Å². The lowest BCUT2D eigenvalue weighted by molar-refractivity contribution is -0.137. The molecule has 0 N–H and O–H groups in total. The van der Waals surface area contributed by atoms with Gasteiger partial charge in [-0.15, -0.1) is 0 Å². The number of benzene rings is 1. The summed E-state index contributed by atoms with van der Waals surface area (Å²) in [4.78, 5) is 13.1. The first-order valence-corrected chi connectivity index (χ1v) is 8.61. The molecule has 3 nitrogen and oxygen atoms in total. The quantitative estimate of drug-likeness (QED) is 0.681. The van der Waals surface area contributed by atoms with Gasteiger partial charge in [-0.2, -0.15) is 13.2 Å². The largest absolute Gasteiger partial charge is 0.416 e. The van der Waals surface area contributed by atoms with E-state index in [4.69, 9.17) is 0 Å². The van der Waals surface area contributed by atoms with Crippen LogP contribution in [0.2, 0.25) is 0 Å². The fourth-order valence-corrected chi connectivity index (χ4v) is 5.15. The number of hydrogen-bond donors (Lipinski definition) is 0. The van der Waals surface area contributed by atoms with Crippen molar-refractivity contribution in [3.63, 3.8) is 0 Å². The monoisotopic (exact) mass is 368 g/mol. The second-order valence-electron chi connectivity index (χ2n) is 8.21. The standard InChI is InChI=1S/C19H20F4N2O/c1-17(2)11-7-8-18(17,3)15-14(11)16(26)25(24(15)4)13-9-10(19(21,22)23)5-6-12(13)20/h5-6,9,11H,7-8H2,1-4H3/t11-,18+/m1/s1. The Bertz CT molecular complexity index is 983. The summed E-state index contributed by atoms with van der Waals surface area (Å²) in [6.07, 6.45) is -2.84. The third-order valence-corrected chi connectivity index (χ3v) is 6.90. The summed E-state index contributed by atoms with van der Waals surface area (Å²) in [6, 6.07) is 2.17. The van der Waals surface area contributed by atoms with Gasteiger partial charge in [0, 0.05) is 18.0 Å². The van der Waals surface area contributed by atoms with Crippen molar-refractivity contribution in [1.29, 1.82) is 0 Å². The molecule has 1 aromatic carbocycles. The zero-order chi connectivity index (χ0) is 19.2. The second-order valence-corrected chi connectivity index (χ2v) is 8.21. The molecule has 0 spiro atoms. The van der Waals surface area contributed by atoms with Crippen LogP contribution < -0.4 is 5.56 Å². The second kappa shape index (κ2) is 4.81. The highest BCUT2D eigenvalue weighted by molar-refractivity contribution is 5.48. The van der Waals surface area contributed by atoms with E-state index in [0.717, 1.165) is 29.3 Å². The Balaban J connectivity index is 2.00. The molecule has 1 heterocycles. The Morgan fingerprint density at radius 2 is 1.85 bits per heavy atom. The number of fused-ring (bicyclic) bond motifs is 5. The highest BCUT2D eigenvalue weighted by atomic mass is 19.4. The average Bonchev–Trinajstić information content (AvgIpc) is 2.99. The molecule has 4 rings (SSSR count). The van der Waals surface area contributed by atoms with Crippen LogP contribution >= 0.6 is 0 Å². The fraction of sp³-hybridized carbons (Fsp3) is 0.526. The van der Waals surface area contributed by atoms with Crippen LogP contribution in [0.4, 0.5) is 17.6 Å². The van der Waals surface area contributed by atoms with E-state index in [9.17, 15) is 22.4 Å². The van der Waals surface area contributed by atoms with E-state index in [1.54, 1.807) is 11.7 Å². The maximum Gasteiger partial charge on any atom is 0.416 e. The molecular formula is C19H20F4N2O. The predicted molar refractivity (Wildman–Crippen MR) is 89.1 cm³/mol. The SMILES string of the molecule is Cn1c2c(c(=O)n1-c1cc(C(F)(F)F)ccc1F)[C@H]1CC[C@]2(C)C1(C)C. The molecule has 2 aromatic rings. The number of aromatic nitrogens is 2. The van der Waals surface area contributed by atoms with Crippen molar-refractivity contribution in [2.24, 2.45) is 12.5 Å². The number of nitrogens with zero attached hydrogens (tertiary/aromatic N) is 2. The zero-order valence-corrected chi connectivity index (χ0v) is 15.0. The maximum absolute atomic E-state index is 14.4. The lowest BCUT2D eigenvalue weighted by atomic mass is 9.70. The highest BCUT2D eigenvalue weighted by Gasteiger charge is 2.62. The van der Waals surface area contributed by atoms with Crippen molar-refractivity contribution < 1.29 is 17.6 Å². The summed E-state index contributed by atoms with van der Waals surface area (Å²) in [5.41, 5.74) is -0.672. The Kier molecular flexibility index (Phi) is 3.21. The van der Waals surface area contributed by atoms with Gasteiger partial charge in [0.05, 0.1) is 11.3 Å². The number of halogens is 4. The lowest BCUT2D eigenvalue weighted by Gasteiger charge is -2.36. The van der Waals surface area contributed by atoms with Crippen LogP contribution in [0.3, 0.4) is 0 Å². The van der Waals surface area contributed by atoms with E-state index >= 15 is 0 Å². The smallest absolute Gasteiger partial charge is 0.284 e. The van der Waals surface area contributed by atoms with Gasteiger partial charge in [-0.3, -0.25) is 9.48 Å². The molecule has 0 saturated heterocycles. The molecule has 0 radical (unpaired) electrons. The summed E-state index contributed by atoms with van der Waals surface area (Å²) in [7, 11) is 1.63. The Hall–Kier alpha value is -2.05. The van der Waals surface area contributed by atoms with Crippen LogP contribution in [-0.2, 0) is 18.6 Å². The van der Waals surface area contributed by atoms with Crippen LogP contribution in [0.25, 0.3) is 5.69 Å². The van der Waals surface area contributed by atoms with Crippen molar-refractivity contribution >= 4 is 0 Å². The van der Waals surface area contributed by atoms with Crippen molar-refractivity contribution in [2.75, 3.05) is 0 Å². The van der Waals surface area contributed by atoms with Crippen LogP contribution in [0, 0.1) is 11.2 Å². The van der Waals surface area contributed by atoms with E-state index < -0.39 is 23.1 Å². The normalized spacial score (nSPS) is 26.4. The van der Waals surface area contributed by atoms with Crippen molar-refractivity contribution in [2.45, 2.75) is 51.1 Å². The molecule has 26 heavy (non-hydrogen) atoms. The molecule has 0 amide bonds. The van der Waals surface area contributed by atoms with Gasteiger partial charge in [-0.1, -0.05) is 20.8 Å². The molecule has 7 heteroatoms. The van der Waals surface area contributed by atoms with E-state index in [-0.39, 0.29) is 22.4 Å². The van der Waals surface area contributed by atoms with Crippen LogP contribution in [0.5, 0.6) is 0 Å². The summed E-state index contributed by atoms with van der Waals surface area (Å²) >= 11 is 0. The molecule has 2 atom stereocenters. The summed E-state index contributed by atoms with van der Waals surface area (Å²) in [5, 5.41) is 0. The van der Waals surface area contributed by atoms with Crippen LogP contribution in [0.1, 0.15) is 56.4 Å². The molecule has 1 fully saturated rings. The third kappa shape index (κ3) is 1.86. The minimum Gasteiger partial charge on any atom is -0.284 e. The first-order chi connectivity index (χ1) is 11.9. The molecular weight excluding hydrogens is 348 g/mol. The minimum atomic E-state index is -4.60. The highest BCUT2D eigenvalue weighted by Crippen LogP contribution is 2.66. The van der Waals surface area contributed by atoms with Gasteiger partial charge < -0.3 is 0 Å². The van der Waals surface area contributed by atoms with Crippen molar-refractivity contribution in [3.05, 3.63) is 51.2 Å². The fourth-order valence-electron chi connectivity index (χ4n) is 5.15. The molecule has 0 unspecified atom stereocenters. The first-order valence-electron chi connectivity index (χ1n) is 8.61. The Morgan fingerprint density at radius 3 is 2.42 bits per heavy atom. The average molecular weight is 368 g/mol. The molecule has 1 aromatic heterocycles. The first kappa shape index (κ1) is 17.4. The lowest BCUT2D eigenvalue weighted by Crippen LogP contribution is -2.35. The summed E-state index contributed by atoms with van der Waals surface area (Å²) in [6.45, 7) is 6.34. The predicted octanol–water partition coefficient (Wildman–Crippen LogP) is 4.51. The maximum atomic E-state index is 14.4. The third-order valence-electron chi connectivity index (χ3n) is 6.90. The summed E-state index contributed by atoms with van der Waals surface area (Å²) < 4.78 is 56.2. The molecule has 2 aliphatic carbocycles. The van der Waals surface area contributed by atoms with Crippen LogP contribution in [-0.4, -0.2) is 9.36 Å². The molecule has 2 bridgehead atoms. The van der Waals surface area contributed by atoms with Gasteiger partial charge in [-0.25, -0.2) is 9.07 Å². The number of alkyl halides is 3. The van der Waals surface area contributed by atoms with Crippen LogP contribution in [0.15, 0.2) is 23.0 Å². The Labute approximate surface area is 148 Å². The molecule has 140 valence electrons. The van der Waals surface area contributed by atoms with E-state index in [1.807, 2.05) is 0 Å². The van der Waals surface area contributed by atoms with Gasteiger partial charge in [-0.05, 0) is 42.4 Å². The van der Waals surface area contributed by atoms with E-state index in [0.29, 0.717) is 17.7 Å². The summed E-state index contributed by atoms with van der Waals surface area (Å²) in [5.74, 6) is -0.813. The van der Waals surface area contributed by atoms with Gasteiger partial charge in [0.15, 0.2) is 0 Å². The number of rotatable bonds is 1. The number of hydrogen-bond acceptors (Lipinski definition) is 1. The zero-order valence-electron chi connectivity index (χ0n) is 15.0. The van der Waals surface area contributed by atoms with Crippen molar-refractivity contribution in [1.82, 2.24) is 9.36 Å².